The first kappa shape index (κ1) is 13.0. The number of nitrogens with one attached hydrogen (secondary N) is 2. The van der Waals surface area contributed by atoms with Crippen molar-refractivity contribution in [3.05, 3.63) is 16.6 Å². The number of rotatable bonds is 4. The minimum Gasteiger partial charge on any atom is -0.354 e. The monoisotopic (exact) mass is 240 g/mol. The van der Waals surface area contributed by atoms with E-state index in [0.717, 1.165) is 17.5 Å². The first-order valence-corrected chi connectivity index (χ1v) is 6.37. The SMILES string of the molecule is CN=C(NCc1nccs1)NC(C)C(C)C. The van der Waals surface area contributed by atoms with Crippen LogP contribution < -0.4 is 10.6 Å². The average molecular weight is 240 g/mol. The number of aliphatic imine (C=N–C) groups is 1. The maximum atomic E-state index is 4.21. The molecule has 0 spiro atoms. The molecule has 0 saturated heterocycles. The summed E-state index contributed by atoms with van der Waals surface area (Å²) in [5.74, 6) is 1.41. The molecule has 0 fully saturated rings. The molecule has 1 aromatic rings. The van der Waals surface area contributed by atoms with Crippen LogP contribution in [0.1, 0.15) is 25.8 Å². The van der Waals surface area contributed by atoms with Crippen LogP contribution in [-0.4, -0.2) is 24.0 Å². The fourth-order valence-corrected chi connectivity index (χ4v) is 1.63. The molecule has 16 heavy (non-hydrogen) atoms. The Morgan fingerprint density at radius 1 is 1.50 bits per heavy atom. The van der Waals surface area contributed by atoms with Crippen LogP contribution in [0.15, 0.2) is 16.6 Å². The normalized spacial score (nSPS) is 13.9. The number of guanidine groups is 1. The van der Waals surface area contributed by atoms with E-state index in [4.69, 9.17) is 0 Å². The molecule has 5 heteroatoms. The highest BCUT2D eigenvalue weighted by molar-refractivity contribution is 7.09. The van der Waals surface area contributed by atoms with E-state index in [2.05, 4.69) is 41.4 Å². The molecular formula is C11H20N4S. The van der Waals surface area contributed by atoms with E-state index in [1.807, 2.05) is 11.6 Å². The quantitative estimate of drug-likeness (QED) is 0.624. The van der Waals surface area contributed by atoms with Gasteiger partial charge in [-0.05, 0) is 12.8 Å². The van der Waals surface area contributed by atoms with Crippen molar-refractivity contribution in [1.29, 1.82) is 0 Å². The van der Waals surface area contributed by atoms with Crippen molar-refractivity contribution >= 4 is 17.3 Å². The van der Waals surface area contributed by atoms with Crippen LogP contribution >= 0.6 is 11.3 Å². The number of aromatic nitrogens is 1. The lowest BCUT2D eigenvalue weighted by Crippen LogP contribution is -2.43. The smallest absolute Gasteiger partial charge is 0.191 e. The van der Waals surface area contributed by atoms with Crippen LogP contribution in [0.2, 0.25) is 0 Å². The molecule has 90 valence electrons. The summed E-state index contributed by atoms with van der Waals surface area (Å²) >= 11 is 1.64. The molecule has 1 heterocycles. The Morgan fingerprint density at radius 3 is 2.75 bits per heavy atom. The summed E-state index contributed by atoms with van der Waals surface area (Å²) in [5, 5.41) is 9.63. The van der Waals surface area contributed by atoms with Crippen molar-refractivity contribution < 1.29 is 0 Å². The molecule has 0 bridgehead atoms. The number of hydrogen-bond acceptors (Lipinski definition) is 3. The summed E-state index contributed by atoms with van der Waals surface area (Å²) in [7, 11) is 1.78. The Bertz CT molecular complexity index is 319. The Morgan fingerprint density at radius 2 is 2.25 bits per heavy atom. The summed E-state index contributed by atoms with van der Waals surface area (Å²) in [6.45, 7) is 7.25. The van der Waals surface area contributed by atoms with Gasteiger partial charge in [0.15, 0.2) is 5.96 Å². The van der Waals surface area contributed by atoms with Crippen LogP contribution in [0.5, 0.6) is 0 Å². The van der Waals surface area contributed by atoms with Crippen LogP contribution in [0.3, 0.4) is 0 Å². The zero-order chi connectivity index (χ0) is 12.0. The molecule has 1 unspecified atom stereocenters. The Balaban J connectivity index is 2.38. The lowest BCUT2D eigenvalue weighted by molar-refractivity contribution is 0.481. The molecule has 0 aliphatic rings. The summed E-state index contributed by atoms with van der Waals surface area (Å²) in [6.07, 6.45) is 1.81. The molecule has 0 amide bonds. The van der Waals surface area contributed by atoms with E-state index in [0.29, 0.717) is 12.0 Å². The standard InChI is InChI=1S/C11H20N4S/c1-8(2)9(3)15-11(12-4)14-7-10-13-5-6-16-10/h5-6,8-9H,7H2,1-4H3,(H2,12,14,15). The molecule has 4 nitrogen and oxygen atoms in total. The van der Waals surface area contributed by atoms with Crippen molar-refractivity contribution in [1.82, 2.24) is 15.6 Å². The number of hydrogen-bond donors (Lipinski definition) is 2. The molecule has 0 aromatic carbocycles. The van der Waals surface area contributed by atoms with Gasteiger partial charge in [-0.3, -0.25) is 4.99 Å². The third-order valence-electron chi connectivity index (χ3n) is 2.48. The molecule has 0 saturated carbocycles. The van der Waals surface area contributed by atoms with Crippen LogP contribution in [0, 0.1) is 5.92 Å². The van der Waals surface area contributed by atoms with Gasteiger partial charge in [-0.15, -0.1) is 11.3 Å². The Kier molecular flexibility index (Phi) is 5.25. The molecule has 1 rings (SSSR count). The summed E-state index contributed by atoms with van der Waals surface area (Å²) in [4.78, 5) is 8.39. The zero-order valence-electron chi connectivity index (χ0n) is 10.3. The largest absolute Gasteiger partial charge is 0.354 e. The van der Waals surface area contributed by atoms with Crippen molar-refractivity contribution in [2.45, 2.75) is 33.4 Å². The fraction of sp³-hybridized carbons (Fsp3) is 0.636. The highest BCUT2D eigenvalue weighted by atomic mass is 32.1. The molecule has 1 atom stereocenters. The highest BCUT2D eigenvalue weighted by Crippen LogP contribution is 2.03. The third kappa shape index (κ3) is 4.18. The van der Waals surface area contributed by atoms with E-state index in [1.54, 1.807) is 18.4 Å². The molecule has 2 N–H and O–H groups in total. The van der Waals surface area contributed by atoms with Gasteiger partial charge in [0.2, 0.25) is 0 Å². The van der Waals surface area contributed by atoms with Crippen molar-refractivity contribution in [3.63, 3.8) is 0 Å². The molecule has 0 aliphatic carbocycles. The van der Waals surface area contributed by atoms with Gasteiger partial charge in [0.1, 0.15) is 5.01 Å². The first-order chi connectivity index (χ1) is 7.63. The van der Waals surface area contributed by atoms with Gasteiger partial charge in [0, 0.05) is 24.7 Å². The summed E-state index contributed by atoms with van der Waals surface area (Å²) in [5.41, 5.74) is 0. The lowest BCUT2D eigenvalue weighted by atomic mass is 10.1. The van der Waals surface area contributed by atoms with E-state index in [9.17, 15) is 0 Å². The second-order valence-electron chi connectivity index (χ2n) is 4.03. The van der Waals surface area contributed by atoms with Crippen LogP contribution in [0.25, 0.3) is 0 Å². The van der Waals surface area contributed by atoms with Gasteiger partial charge in [0.25, 0.3) is 0 Å². The topological polar surface area (TPSA) is 49.3 Å². The van der Waals surface area contributed by atoms with Gasteiger partial charge < -0.3 is 10.6 Å². The van der Waals surface area contributed by atoms with Gasteiger partial charge in [-0.1, -0.05) is 13.8 Å². The highest BCUT2D eigenvalue weighted by Gasteiger charge is 2.08. The van der Waals surface area contributed by atoms with Gasteiger partial charge in [-0.2, -0.15) is 0 Å². The minimum absolute atomic E-state index is 0.405. The van der Waals surface area contributed by atoms with Gasteiger partial charge >= 0.3 is 0 Å². The van der Waals surface area contributed by atoms with E-state index in [-0.39, 0.29) is 0 Å². The molecular weight excluding hydrogens is 220 g/mol. The van der Waals surface area contributed by atoms with Crippen LogP contribution in [-0.2, 0) is 6.54 Å². The molecule has 0 aliphatic heterocycles. The predicted molar refractivity (Wildman–Crippen MR) is 69.7 cm³/mol. The van der Waals surface area contributed by atoms with Crippen molar-refractivity contribution in [3.8, 4) is 0 Å². The Labute approximate surface area is 101 Å². The fourth-order valence-electron chi connectivity index (χ4n) is 1.08. The second kappa shape index (κ2) is 6.48. The lowest BCUT2D eigenvalue weighted by Gasteiger charge is -2.20. The maximum Gasteiger partial charge on any atom is 0.191 e. The average Bonchev–Trinajstić information content (AvgIpc) is 2.76. The van der Waals surface area contributed by atoms with Gasteiger partial charge in [0.05, 0.1) is 6.54 Å². The first-order valence-electron chi connectivity index (χ1n) is 5.49. The summed E-state index contributed by atoms with van der Waals surface area (Å²) < 4.78 is 0. The van der Waals surface area contributed by atoms with Crippen molar-refractivity contribution in [2.24, 2.45) is 10.9 Å². The van der Waals surface area contributed by atoms with Crippen LogP contribution in [0.4, 0.5) is 0 Å². The van der Waals surface area contributed by atoms with Crippen molar-refractivity contribution in [2.75, 3.05) is 7.05 Å². The van der Waals surface area contributed by atoms with Gasteiger partial charge in [-0.25, -0.2) is 4.98 Å². The third-order valence-corrected chi connectivity index (χ3v) is 3.26. The molecule has 1 aromatic heterocycles. The number of nitrogens with zero attached hydrogens (tertiary/aromatic N) is 2. The van der Waals surface area contributed by atoms with E-state index >= 15 is 0 Å². The summed E-state index contributed by atoms with van der Waals surface area (Å²) in [6, 6.07) is 0.405. The predicted octanol–water partition coefficient (Wildman–Crippen LogP) is 1.85. The number of thiazole rings is 1. The second-order valence-corrected chi connectivity index (χ2v) is 5.01. The Hall–Kier alpha value is -1.10. The van der Waals surface area contributed by atoms with E-state index < -0.39 is 0 Å². The zero-order valence-corrected chi connectivity index (χ0v) is 11.1. The maximum absolute atomic E-state index is 4.21. The van der Waals surface area contributed by atoms with E-state index in [1.165, 1.54) is 0 Å². The minimum atomic E-state index is 0.405. The molecule has 0 radical (unpaired) electrons.